The summed E-state index contributed by atoms with van der Waals surface area (Å²) in [5.74, 6) is -6.14. The number of amides is 4. The summed E-state index contributed by atoms with van der Waals surface area (Å²) in [4.78, 5) is 94.7. The van der Waals surface area contributed by atoms with Crippen LogP contribution in [0.1, 0.15) is 83.6 Å². The third kappa shape index (κ3) is 14.3. The monoisotopic (exact) mass is 865 g/mol. The van der Waals surface area contributed by atoms with Gasteiger partial charge in [0.2, 0.25) is 17.7 Å². The summed E-state index contributed by atoms with van der Waals surface area (Å²) in [5, 5.41) is 49.2. The lowest BCUT2D eigenvalue weighted by Gasteiger charge is -2.41. The quantitative estimate of drug-likeness (QED) is 0.0594. The third-order valence-corrected chi connectivity index (χ3v) is 10.6. The Hall–Kier alpha value is -5.55. The zero-order valence-corrected chi connectivity index (χ0v) is 34.7. The number of rotatable bonds is 24. The summed E-state index contributed by atoms with van der Waals surface area (Å²) in [7, 11) is 1.56. The average molecular weight is 866 g/mol. The first-order valence-corrected chi connectivity index (χ1v) is 20.0. The summed E-state index contributed by atoms with van der Waals surface area (Å²) in [6.07, 6.45) is -10.5. The molecule has 1 aromatic heterocycles. The van der Waals surface area contributed by atoms with Crippen LogP contribution in [0.3, 0.4) is 0 Å². The molecule has 2 heterocycles. The normalized spacial score (nSPS) is 22.3. The Bertz CT molecular complexity index is 1840. The van der Waals surface area contributed by atoms with Gasteiger partial charge in [-0.2, -0.15) is 0 Å². The van der Waals surface area contributed by atoms with E-state index in [4.69, 9.17) is 30.4 Å². The summed E-state index contributed by atoms with van der Waals surface area (Å²) in [5.41, 5.74) is 11.3. The van der Waals surface area contributed by atoms with E-state index in [1.54, 1.807) is 34.8 Å². The highest BCUT2D eigenvalue weighted by Crippen LogP contribution is 2.31. The maximum Gasteiger partial charge on any atom is 0.404 e. The molecule has 1 aliphatic rings. The molecule has 340 valence electrons. The predicted octanol–water partition coefficient (Wildman–Crippen LogP) is -0.474. The Morgan fingerprint density at radius 3 is 2.03 bits per heavy atom. The number of aromatic nitrogens is 2. The summed E-state index contributed by atoms with van der Waals surface area (Å²) >= 11 is 0. The molecule has 22 nitrogen and oxygen atoms in total. The lowest BCUT2D eigenvalue weighted by molar-refractivity contribution is -0.306. The van der Waals surface area contributed by atoms with E-state index in [-0.39, 0.29) is 18.2 Å². The van der Waals surface area contributed by atoms with E-state index < -0.39 is 108 Å². The van der Waals surface area contributed by atoms with Gasteiger partial charge in [-0.25, -0.2) is 19.2 Å². The molecule has 0 spiro atoms. The highest BCUT2D eigenvalue weighted by molar-refractivity contribution is 5.94. The number of unbranched alkanes of at least 4 members (excludes halogenated alkanes) is 1. The minimum absolute atomic E-state index is 0.158. The molecule has 0 aliphatic carbocycles. The maximum absolute atomic E-state index is 14.5. The fourth-order valence-electron chi connectivity index (χ4n) is 6.64. The molecule has 0 radical (unpaired) electrons. The second-order valence-corrected chi connectivity index (χ2v) is 15.1. The SMILES string of the molecule is CC[C@@H](C)[C@@H](NC(=O)[C@@H](NC(=O)[C@H](NC(=O)CCCCC(N)Cc1ccc(OC)cc1)[C@@H](O[C@@H]1O[C@@H](C(=O)O)[C@@H](OC(N)=O)[C@H](O)[C@H]1O)c1c[nH]c(=O)[nH]1)[C@@H](C)CC)C(=O)O. The van der Waals surface area contributed by atoms with Gasteiger partial charge in [0, 0.05) is 18.7 Å². The highest BCUT2D eigenvalue weighted by atomic mass is 16.7. The van der Waals surface area contributed by atoms with Crippen molar-refractivity contribution in [1.82, 2.24) is 25.9 Å². The van der Waals surface area contributed by atoms with E-state index >= 15 is 0 Å². The van der Waals surface area contributed by atoms with Crippen molar-refractivity contribution in [1.29, 1.82) is 0 Å². The van der Waals surface area contributed by atoms with Crippen LogP contribution >= 0.6 is 0 Å². The number of aliphatic carboxylic acids is 2. The second kappa shape index (κ2) is 23.4. The van der Waals surface area contributed by atoms with Gasteiger partial charge in [0.15, 0.2) is 18.5 Å². The molecule has 22 heteroatoms. The molecule has 0 bridgehead atoms. The lowest BCUT2D eigenvalue weighted by atomic mass is 9.94. The van der Waals surface area contributed by atoms with Crippen molar-refractivity contribution >= 4 is 35.8 Å². The van der Waals surface area contributed by atoms with Crippen molar-refractivity contribution in [2.45, 2.75) is 134 Å². The molecule has 61 heavy (non-hydrogen) atoms. The van der Waals surface area contributed by atoms with Crippen LogP contribution in [0.4, 0.5) is 4.79 Å². The number of carboxylic acid groups (broad SMARTS) is 2. The molecule has 4 amide bonds. The number of carboxylic acids is 2. The van der Waals surface area contributed by atoms with E-state index in [9.17, 15) is 54.0 Å². The second-order valence-electron chi connectivity index (χ2n) is 15.1. The van der Waals surface area contributed by atoms with Crippen molar-refractivity contribution in [2.75, 3.05) is 7.11 Å². The zero-order chi connectivity index (χ0) is 45.6. The number of nitrogens with two attached hydrogens (primary N) is 2. The largest absolute Gasteiger partial charge is 0.497 e. The average Bonchev–Trinajstić information content (AvgIpc) is 3.65. The summed E-state index contributed by atoms with van der Waals surface area (Å²) in [6.45, 7) is 6.72. The minimum Gasteiger partial charge on any atom is -0.497 e. The number of aromatic amines is 2. The van der Waals surface area contributed by atoms with Gasteiger partial charge in [0.1, 0.15) is 42.2 Å². The highest BCUT2D eigenvalue weighted by Gasteiger charge is 2.52. The van der Waals surface area contributed by atoms with Gasteiger partial charge >= 0.3 is 23.7 Å². The molecule has 1 aromatic carbocycles. The number of nitrogens with one attached hydrogen (secondary N) is 5. The molecule has 0 saturated carbocycles. The van der Waals surface area contributed by atoms with Crippen LogP contribution < -0.4 is 37.8 Å². The van der Waals surface area contributed by atoms with Gasteiger partial charge in [0.25, 0.3) is 0 Å². The van der Waals surface area contributed by atoms with Crippen LogP contribution in [0.15, 0.2) is 35.3 Å². The molecular formula is C39H59N7O15. The van der Waals surface area contributed by atoms with Crippen molar-refractivity contribution in [3.05, 3.63) is 52.2 Å². The number of hydrogen-bond acceptors (Lipinski definition) is 14. The fraction of sp³-hybridized carbons (Fsp3) is 0.615. The van der Waals surface area contributed by atoms with Crippen molar-refractivity contribution in [3.63, 3.8) is 0 Å². The molecule has 2 aromatic rings. The number of primary amides is 1. The zero-order valence-electron chi connectivity index (χ0n) is 34.7. The molecule has 1 fully saturated rings. The van der Waals surface area contributed by atoms with Gasteiger partial charge in [-0.3, -0.25) is 14.4 Å². The van der Waals surface area contributed by atoms with Crippen LogP contribution in [0.25, 0.3) is 0 Å². The van der Waals surface area contributed by atoms with Crippen LogP contribution in [0.5, 0.6) is 5.75 Å². The van der Waals surface area contributed by atoms with Crippen LogP contribution in [-0.2, 0) is 44.6 Å². The maximum atomic E-state index is 14.5. The Balaban J connectivity index is 1.96. The summed E-state index contributed by atoms with van der Waals surface area (Å²) in [6, 6.07) is 2.58. The van der Waals surface area contributed by atoms with Crippen molar-refractivity contribution < 1.29 is 68.1 Å². The number of imidazole rings is 1. The van der Waals surface area contributed by atoms with E-state index in [0.29, 0.717) is 44.3 Å². The number of hydrogen-bond donors (Lipinski definition) is 11. The topological polar surface area (TPSA) is 357 Å². The van der Waals surface area contributed by atoms with Crippen LogP contribution in [-0.4, -0.2) is 128 Å². The number of aliphatic hydroxyl groups excluding tert-OH is 2. The number of H-pyrrole nitrogens is 2. The smallest absolute Gasteiger partial charge is 0.404 e. The number of ether oxygens (including phenoxy) is 4. The van der Waals surface area contributed by atoms with E-state index in [2.05, 4.69) is 25.9 Å². The van der Waals surface area contributed by atoms with Crippen LogP contribution in [0.2, 0.25) is 0 Å². The fourth-order valence-corrected chi connectivity index (χ4v) is 6.64. The molecule has 1 aliphatic heterocycles. The lowest BCUT2D eigenvalue weighted by Crippen LogP contribution is -2.63. The third-order valence-electron chi connectivity index (χ3n) is 10.6. The molecule has 1 unspecified atom stereocenters. The van der Waals surface area contributed by atoms with E-state index in [1.165, 1.54) is 0 Å². The number of carbonyl (C=O) groups excluding carboxylic acids is 4. The standard InChI is InChI=1S/C39H59N7O15/c1-6-18(3)25(33(50)46-26(35(52)53)19(4)7-2)45-34(51)27(44-24(47)11-9-8-10-21(40)16-20-12-14-22(58-5)15-13-20)30(23-17-42-39(57)43-23)59-37-29(49)28(48)31(61-38(41)56)32(60-37)36(54)55/h12-15,17-19,21,25-32,37,48-49H,6-11,16,40H2,1-5H3,(H2,41,56)(H,44,47)(H,45,51)(H,46,50)(H,52,53)(H,54,55)(H2,42,43,57)/t18-,19+,21?,25-,26+,27+,28+,29+,30-,31-,32+,37+/m0/s1. The number of benzene rings is 1. The Morgan fingerprint density at radius 1 is 0.885 bits per heavy atom. The molecule has 12 atom stereocenters. The van der Waals surface area contributed by atoms with Gasteiger partial charge in [-0.05, 0) is 48.8 Å². The predicted molar refractivity (Wildman–Crippen MR) is 213 cm³/mol. The Morgan fingerprint density at radius 2 is 1.49 bits per heavy atom. The first kappa shape index (κ1) is 49.8. The number of carbonyl (C=O) groups is 6. The van der Waals surface area contributed by atoms with Gasteiger partial charge in [-0.1, -0.05) is 59.1 Å². The number of aliphatic hydroxyl groups is 2. The first-order chi connectivity index (χ1) is 28.8. The molecule has 3 rings (SSSR count). The first-order valence-electron chi connectivity index (χ1n) is 20.0. The van der Waals surface area contributed by atoms with Gasteiger partial charge in [-0.15, -0.1) is 0 Å². The van der Waals surface area contributed by atoms with Crippen molar-refractivity contribution in [2.24, 2.45) is 23.3 Å². The molecule has 13 N–H and O–H groups in total. The van der Waals surface area contributed by atoms with Crippen LogP contribution in [0, 0.1) is 11.8 Å². The van der Waals surface area contributed by atoms with Gasteiger partial charge < -0.3 is 76.8 Å². The number of methoxy groups -OCH3 is 1. The molecule has 1 saturated heterocycles. The summed E-state index contributed by atoms with van der Waals surface area (Å²) < 4.78 is 21.3. The molecular weight excluding hydrogens is 806 g/mol. The Kier molecular flexibility index (Phi) is 19.1. The van der Waals surface area contributed by atoms with E-state index in [0.717, 1.165) is 11.8 Å². The Labute approximate surface area is 351 Å². The van der Waals surface area contributed by atoms with E-state index in [1.807, 2.05) is 24.3 Å². The minimum atomic E-state index is -2.18. The van der Waals surface area contributed by atoms with Crippen molar-refractivity contribution in [3.8, 4) is 5.75 Å². The van der Waals surface area contributed by atoms with Gasteiger partial charge in [0.05, 0.1) is 12.8 Å².